The van der Waals surface area contributed by atoms with Crippen LogP contribution < -0.4 is 4.72 Å². The van der Waals surface area contributed by atoms with Crippen LogP contribution in [0, 0.1) is 0 Å². The molecule has 0 radical (unpaired) electrons. The summed E-state index contributed by atoms with van der Waals surface area (Å²) in [5.41, 5.74) is 2.50. The molecule has 0 amide bonds. The van der Waals surface area contributed by atoms with E-state index in [2.05, 4.69) is 14.8 Å². The number of nitrogens with one attached hydrogen (secondary N) is 1. The Morgan fingerprint density at radius 1 is 1.50 bits per heavy atom. The second kappa shape index (κ2) is 6.11. The Hall–Kier alpha value is -1.78. The predicted octanol–water partition coefficient (Wildman–Crippen LogP) is -0.0548. The zero-order valence-corrected chi connectivity index (χ0v) is 11.9. The smallest absolute Gasteiger partial charge is 0.325 e. The van der Waals surface area contributed by atoms with Crippen LogP contribution in [-0.4, -0.2) is 40.8 Å². The number of rotatable bonds is 7. The lowest BCUT2D eigenvalue weighted by atomic mass is 10.3. The molecule has 0 bridgehead atoms. The molecule has 2 aromatic rings. The summed E-state index contributed by atoms with van der Waals surface area (Å²) in [5.74, 6) is -1.09. The molecule has 0 aliphatic heterocycles. The maximum Gasteiger partial charge on any atom is 0.325 e. The number of nitrogens with zero attached hydrogens (tertiary/aromatic N) is 3. The normalized spacial score (nSPS) is 11.6. The fourth-order valence-corrected chi connectivity index (χ4v) is 3.04. The number of sulfonamides is 1. The van der Waals surface area contributed by atoms with Gasteiger partial charge in [0.1, 0.15) is 11.4 Å². The SMILES string of the molecule is O=C(O)Cn1cc(S(=O)(=O)NCCc2cscn2)cn1. The molecule has 20 heavy (non-hydrogen) atoms. The fraction of sp³-hybridized carbons (Fsp3) is 0.300. The summed E-state index contributed by atoms with van der Waals surface area (Å²) in [7, 11) is -3.68. The molecule has 0 aromatic carbocycles. The molecule has 0 saturated carbocycles. The number of aromatic nitrogens is 3. The average Bonchev–Trinajstić information content (AvgIpc) is 2.99. The monoisotopic (exact) mass is 316 g/mol. The predicted molar refractivity (Wildman–Crippen MR) is 70.9 cm³/mol. The van der Waals surface area contributed by atoms with Crippen molar-refractivity contribution in [1.82, 2.24) is 19.5 Å². The second-order valence-corrected chi connectivity index (χ2v) is 6.38. The zero-order chi connectivity index (χ0) is 14.6. The lowest BCUT2D eigenvalue weighted by Gasteiger charge is -2.03. The summed E-state index contributed by atoms with van der Waals surface area (Å²) in [6.07, 6.45) is 2.79. The van der Waals surface area contributed by atoms with Gasteiger partial charge < -0.3 is 5.11 Å². The molecule has 0 aliphatic carbocycles. The Bertz CT molecular complexity index is 678. The number of hydrogen-bond donors (Lipinski definition) is 2. The van der Waals surface area contributed by atoms with Crippen LogP contribution in [0.3, 0.4) is 0 Å². The number of hydrogen-bond acceptors (Lipinski definition) is 6. The molecule has 0 atom stereocenters. The van der Waals surface area contributed by atoms with E-state index >= 15 is 0 Å². The molecule has 2 aromatic heterocycles. The topological polar surface area (TPSA) is 114 Å². The van der Waals surface area contributed by atoms with Crippen LogP contribution in [0.4, 0.5) is 0 Å². The lowest BCUT2D eigenvalue weighted by molar-refractivity contribution is -0.137. The van der Waals surface area contributed by atoms with E-state index in [1.807, 2.05) is 5.38 Å². The third-order valence-electron chi connectivity index (χ3n) is 2.37. The summed E-state index contributed by atoms with van der Waals surface area (Å²) in [6, 6.07) is 0. The van der Waals surface area contributed by atoms with Crippen LogP contribution >= 0.6 is 11.3 Å². The summed E-state index contributed by atoms with van der Waals surface area (Å²) >= 11 is 1.45. The van der Waals surface area contributed by atoms with E-state index in [-0.39, 0.29) is 18.0 Å². The van der Waals surface area contributed by atoms with Crippen LogP contribution in [0.15, 0.2) is 28.2 Å². The summed E-state index contributed by atoms with van der Waals surface area (Å²) in [5, 5.41) is 14.1. The molecule has 0 fully saturated rings. The quantitative estimate of drug-likeness (QED) is 0.740. The van der Waals surface area contributed by atoms with Crippen molar-refractivity contribution < 1.29 is 18.3 Å². The van der Waals surface area contributed by atoms with Crippen molar-refractivity contribution >= 4 is 27.3 Å². The average molecular weight is 316 g/mol. The third kappa shape index (κ3) is 3.85. The van der Waals surface area contributed by atoms with Gasteiger partial charge in [0.25, 0.3) is 0 Å². The van der Waals surface area contributed by atoms with Crippen molar-refractivity contribution in [3.63, 3.8) is 0 Å². The van der Waals surface area contributed by atoms with E-state index in [1.54, 1.807) is 5.51 Å². The molecule has 0 saturated heterocycles. The van der Waals surface area contributed by atoms with Crippen molar-refractivity contribution in [2.75, 3.05) is 6.54 Å². The molecular weight excluding hydrogens is 304 g/mol. The van der Waals surface area contributed by atoms with Crippen molar-refractivity contribution in [2.24, 2.45) is 0 Å². The fourth-order valence-electron chi connectivity index (χ4n) is 1.47. The Morgan fingerprint density at radius 3 is 2.95 bits per heavy atom. The summed E-state index contributed by atoms with van der Waals surface area (Å²) in [6.45, 7) is -0.162. The van der Waals surface area contributed by atoms with Gasteiger partial charge in [-0.25, -0.2) is 18.1 Å². The number of carbonyl (C=O) groups is 1. The van der Waals surface area contributed by atoms with Gasteiger partial charge in [0, 0.05) is 24.5 Å². The van der Waals surface area contributed by atoms with Gasteiger partial charge in [-0.05, 0) is 0 Å². The molecular formula is C10H12N4O4S2. The number of carboxylic acids is 1. The van der Waals surface area contributed by atoms with Crippen LogP contribution in [-0.2, 0) is 27.8 Å². The molecule has 2 N–H and O–H groups in total. The van der Waals surface area contributed by atoms with Gasteiger partial charge in [-0.2, -0.15) is 5.10 Å². The number of thiazole rings is 1. The van der Waals surface area contributed by atoms with Gasteiger partial charge in [0.2, 0.25) is 10.0 Å². The first-order chi connectivity index (χ1) is 9.47. The summed E-state index contributed by atoms with van der Waals surface area (Å²) < 4.78 is 27.3. The molecule has 0 spiro atoms. The standard InChI is InChI=1S/C10H12N4O4S2/c15-10(16)5-14-4-9(3-12-14)20(17,18)13-2-1-8-6-19-7-11-8/h3-4,6-7,13H,1-2,5H2,(H,15,16). The third-order valence-corrected chi connectivity index (χ3v) is 4.42. The van der Waals surface area contributed by atoms with E-state index in [0.29, 0.717) is 6.42 Å². The molecule has 10 heteroatoms. The Labute approximate surface area is 119 Å². The summed E-state index contributed by atoms with van der Waals surface area (Å²) in [4.78, 5) is 14.5. The van der Waals surface area contributed by atoms with E-state index in [4.69, 9.17) is 5.11 Å². The van der Waals surface area contributed by atoms with Crippen molar-refractivity contribution in [1.29, 1.82) is 0 Å². The van der Waals surface area contributed by atoms with Gasteiger partial charge in [0.05, 0.1) is 17.4 Å². The van der Waals surface area contributed by atoms with Crippen LogP contribution in [0.2, 0.25) is 0 Å². The number of carboxylic acid groups (broad SMARTS) is 1. The van der Waals surface area contributed by atoms with E-state index < -0.39 is 16.0 Å². The Kier molecular flexibility index (Phi) is 4.47. The highest BCUT2D eigenvalue weighted by Crippen LogP contribution is 2.07. The second-order valence-electron chi connectivity index (χ2n) is 3.89. The number of aliphatic carboxylic acids is 1. The lowest BCUT2D eigenvalue weighted by Crippen LogP contribution is -2.25. The first-order valence-corrected chi connectivity index (χ1v) is 8.01. The Morgan fingerprint density at radius 2 is 2.30 bits per heavy atom. The highest BCUT2D eigenvalue weighted by atomic mass is 32.2. The van der Waals surface area contributed by atoms with Crippen LogP contribution in [0.5, 0.6) is 0 Å². The molecule has 0 aliphatic rings. The first-order valence-electron chi connectivity index (χ1n) is 5.58. The minimum absolute atomic E-state index is 0.0583. The van der Waals surface area contributed by atoms with Gasteiger partial charge >= 0.3 is 5.97 Å². The highest BCUT2D eigenvalue weighted by Gasteiger charge is 2.16. The van der Waals surface area contributed by atoms with Crippen molar-refractivity contribution in [2.45, 2.75) is 17.9 Å². The van der Waals surface area contributed by atoms with E-state index in [1.165, 1.54) is 17.5 Å². The molecule has 0 unspecified atom stereocenters. The maximum absolute atomic E-state index is 11.9. The first kappa shape index (κ1) is 14.6. The van der Waals surface area contributed by atoms with Crippen LogP contribution in [0.25, 0.3) is 0 Å². The zero-order valence-electron chi connectivity index (χ0n) is 10.3. The molecule has 2 rings (SSSR count). The molecule has 8 nitrogen and oxygen atoms in total. The van der Waals surface area contributed by atoms with Gasteiger partial charge in [-0.15, -0.1) is 11.3 Å². The van der Waals surface area contributed by atoms with Crippen LogP contribution in [0.1, 0.15) is 5.69 Å². The Balaban J connectivity index is 1.95. The highest BCUT2D eigenvalue weighted by molar-refractivity contribution is 7.89. The van der Waals surface area contributed by atoms with E-state index in [0.717, 1.165) is 16.6 Å². The minimum atomic E-state index is -3.68. The largest absolute Gasteiger partial charge is 0.480 e. The van der Waals surface area contributed by atoms with Crippen molar-refractivity contribution in [3.05, 3.63) is 29.0 Å². The minimum Gasteiger partial charge on any atom is -0.480 e. The van der Waals surface area contributed by atoms with Gasteiger partial charge in [-0.1, -0.05) is 0 Å². The maximum atomic E-state index is 11.9. The van der Waals surface area contributed by atoms with Crippen molar-refractivity contribution in [3.8, 4) is 0 Å². The van der Waals surface area contributed by atoms with E-state index in [9.17, 15) is 13.2 Å². The molecule has 2 heterocycles. The molecule has 108 valence electrons. The van der Waals surface area contributed by atoms with Gasteiger partial charge in [-0.3, -0.25) is 9.48 Å². The van der Waals surface area contributed by atoms with Gasteiger partial charge in [0.15, 0.2) is 0 Å².